The van der Waals surface area contributed by atoms with Crippen molar-refractivity contribution in [2.75, 3.05) is 7.05 Å². The first-order valence-electron chi connectivity index (χ1n) is 12.8. The lowest BCUT2D eigenvalue weighted by Crippen LogP contribution is -2.44. The van der Waals surface area contributed by atoms with Crippen LogP contribution in [0, 0.1) is 17.8 Å². The number of hydrogen-bond acceptors (Lipinski definition) is 4. The summed E-state index contributed by atoms with van der Waals surface area (Å²) in [6, 6.07) is 7.18. The number of nitrogens with zero attached hydrogens (tertiary/aromatic N) is 2. The van der Waals surface area contributed by atoms with E-state index in [2.05, 4.69) is 0 Å². The Labute approximate surface area is 203 Å². The Hall–Kier alpha value is -1.88. The second kappa shape index (κ2) is 10.6. The lowest BCUT2D eigenvalue weighted by Gasteiger charge is -2.35. The zero-order valence-electron chi connectivity index (χ0n) is 19.9. The van der Waals surface area contributed by atoms with Crippen molar-refractivity contribution in [3.63, 3.8) is 0 Å². The highest BCUT2D eigenvalue weighted by molar-refractivity contribution is 6.30. The van der Waals surface area contributed by atoms with Gasteiger partial charge in [-0.2, -0.15) is 0 Å². The number of carbonyl (C=O) groups excluding carboxylic acids is 2. The molecule has 3 atom stereocenters. The molecule has 3 aliphatic rings. The van der Waals surface area contributed by atoms with E-state index in [0.717, 1.165) is 50.5 Å². The molecule has 180 valence electrons. The minimum atomic E-state index is -0.705. The molecular weight excluding hydrogens is 434 g/mol. The van der Waals surface area contributed by atoms with Crippen molar-refractivity contribution in [3.05, 3.63) is 34.9 Å². The maximum atomic E-state index is 13.3. The molecule has 1 aromatic rings. The van der Waals surface area contributed by atoms with Gasteiger partial charge >= 0.3 is 0 Å². The molecule has 1 amide bonds. The lowest BCUT2D eigenvalue weighted by atomic mass is 9.71. The van der Waals surface area contributed by atoms with E-state index in [1.807, 2.05) is 12.1 Å². The summed E-state index contributed by atoms with van der Waals surface area (Å²) in [6.07, 6.45) is 13.9. The standard InChI is InChI=1S/C27H38ClN3O2/c1-31-25(33)27(30-26(31)29,15-14-19-6-3-2-4-7-19)18-21-9-5-8-20(16-21)17-24(32)22-10-12-23(28)13-11-22/h10-13,19-21H,2-9,14-18H2,1H3,(H2,29,30)/t20-,21+,27-/m1/s1. The van der Waals surface area contributed by atoms with E-state index in [4.69, 9.17) is 22.3 Å². The first-order valence-corrected chi connectivity index (χ1v) is 13.2. The second-order valence-corrected chi connectivity index (χ2v) is 11.1. The Balaban J connectivity index is 1.40. The van der Waals surface area contributed by atoms with Crippen molar-refractivity contribution >= 4 is 29.3 Å². The fourth-order valence-corrected chi connectivity index (χ4v) is 6.47. The molecule has 0 aromatic heterocycles. The topological polar surface area (TPSA) is 75.8 Å². The van der Waals surface area contributed by atoms with Gasteiger partial charge in [-0.15, -0.1) is 0 Å². The molecule has 33 heavy (non-hydrogen) atoms. The molecule has 0 spiro atoms. The van der Waals surface area contributed by atoms with Crippen molar-refractivity contribution in [2.45, 2.75) is 89.0 Å². The first kappa shape index (κ1) is 24.3. The van der Waals surface area contributed by atoms with Crippen molar-refractivity contribution in [1.29, 1.82) is 0 Å². The van der Waals surface area contributed by atoms with Crippen LogP contribution in [0.2, 0.25) is 5.02 Å². The van der Waals surface area contributed by atoms with Gasteiger partial charge in [-0.25, -0.2) is 4.99 Å². The zero-order valence-corrected chi connectivity index (χ0v) is 20.7. The maximum absolute atomic E-state index is 13.3. The van der Waals surface area contributed by atoms with Gasteiger partial charge in [0.15, 0.2) is 11.7 Å². The summed E-state index contributed by atoms with van der Waals surface area (Å²) in [5.41, 5.74) is 6.15. The number of guanidine groups is 1. The number of rotatable bonds is 8. The summed E-state index contributed by atoms with van der Waals surface area (Å²) in [7, 11) is 1.75. The summed E-state index contributed by atoms with van der Waals surface area (Å²) in [5, 5.41) is 0.647. The quantitative estimate of drug-likeness (QED) is 0.472. The van der Waals surface area contributed by atoms with Crippen molar-refractivity contribution in [3.8, 4) is 0 Å². The molecule has 0 bridgehead atoms. The van der Waals surface area contributed by atoms with Crippen LogP contribution in [0.15, 0.2) is 29.3 Å². The molecule has 5 nitrogen and oxygen atoms in total. The summed E-state index contributed by atoms with van der Waals surface area (Å²) in [5.74, 6) is 2.08. The van der Waals surface area contributed by atoms with Gasteiger partial charge in [-0.05, 0) is 74.1 Å². The third-order valence-electron chi connectivity index (χ3n) is 8.22. The van der Waals surface area contributed by atoms with Crippen LogP contribution in [0.4, 0.5) is 0 Å². The van der Waals surface area contributed by atoms with Crippen molar-refractivity contribution < 1.29 is 9.59 Å². The van der Waals surface area contributed by atoms with Crippen LogP contribution in [0.1, 0.15) is 93.8 Å². The van der Waals surface area contributed by atoms with Crippen molar-refractivity contribution in [2.24, 2.45) is 28.5 Å². The molecule has 0 saturated heterocycles. The fourth-order valence-electron chi connectivity index (χ4n) is 6.34. The molecule has 4 rings (SSSR count). The Morgan fingerprint density at radius 1 is 1.06 bits per heavy atom. The van der Waals surface area contributed by atoms with Crippen molar-refractivity contribution in [1.82, 2.24) is 4.90 Å². The van der Waals surface area contributed by atoms with Crippen LogP contribution in [-0.2, 0) is 4.79 Å². The third kappa shape index (κ3) is 5.79. The van der Waals surface area contributed by atoms with E-state index in [1.54, 1.807) is 24.1 Å². The smallest absolute Gasteiger partial charge is 0.257 e. The highest BCUT2D eigenvalue weighted by Crippen LogP contribution is 2.42. The zero-order chi connectivity index (χ0) is 23.4. The molecular formula is C27H38ClN3O2. The van der Waals surface area contributed by atoms with E-state index in [1.165, 1.54) is 32.1 Å². The summed E-state index contributed by atoms with van der Waals surface area (Å²) in [4.78, 5) is 32.5. The number of amides is 1. The highest BCUT2D eigenvalue weighted by atomic mass is 35.5. The first-order chi connectivity index (χ1) is 15.9. The number of ketones is 1. The average Bonchev–Trinajstić information content (AvgIpc) is 3.02. The largest absolute Gasteiger partial charge is 0.369 e. The van der Waals surface area contributed by atoms with Gasteiger partial charge in [0.05, 0.1) is 0 Å². The van der Waals surface area contributed by atoms with E-state index >= 15 is 0 Å². The number of carbonyl (C=O) groups is 2. The number of nitrogens with two attached hydrogens (primary N) is 1. The van der Waals surface area contributed by atoms with Gasteiger partial charge in [0, 0.05) is 24.1 Å². The molecule has 2 aliphatic carbocycles. The molecule has 1 heterocycles. The number of Topliss-reactive ketones (excluding diaryl/α,β-unsaturated/α-hetero) is 1. The molecule has 2 fully saturated rings. The van der Waals surface area contributed by atoms with E-state index in [-0.39, 0.29) is 11.7 Å². The molecule has 0 radical (unpaired) electrons. The van der Waals surface area contributed by atoms with Gasteiger partial charge in [-0.3, -0.25) is 14.5 Å². The monoisotopic (exact) mass is 471 g/mol. The highest BCUT2D eigenvalue weighted by Gasteiger charge is 2.48. The number of benzene rings is 1. The Morgan fingerprint density at radius 3 is 2.39 bits per heavy atom. The van der Waals surface area contributed by atoms with Crippen LogP contribution in [0.3, 0.4) is 0 Å². The lowest BCUT2D eigenvalue weighted by molar-refractivity contribution is -0.131. The Bertz CT molecular complexity index is 878. The fraction of sp³-hybridized carbons (Fsp3) is 0.667. The maximum Gasteiger partial charge on any atom is 0.257 e. The van der Waals surface area contributed by atoms with Crippen LogP contribution in [-0.4, -0.2) is 35.1 Å². The van der Waals surface area contributed by atoms with Gasteiger partial charge in [0.1, 0.15) is 5.54 Å². The van der Waals surface area contributed by atoms with Crippen LogP contribution < -0.4 is 5.73 Å². The number of likely N-dealkylation sites (N-methyl/N-ethyl adjacent to an activating group) is 1. The molecule has 1 aromatic carbocycles. The Kier molecular flexibility index (Phi) is 7.78. The molecule has 2 saturated carbocycles. The van der Waals surface area contributed by atoms with Crippen LogP contribution >= 0.6 is 11.6 Å². The predicted molar refractivity (Wildman–Crippen MR) is 133 cm³/mol. The van der Waals surface area contributed by atoms with Gasteiger partial charge in [0.2, 0.25) is 0 Å². The predicted octanol–water partition coefficient (Wildman–Crippen LogP) is 6.00. The molecule has 0 unspecified atom stereocenters. The van der Waals surface area contributed by atoms with Gasteiger partial charge in [0.25, 0.3) is 5.91 Å². The van der Waals surface area contributed by atoms with Crippen LogP contribution in [0.25, 0.3) is 0 Å². The number of hydrogen-bond donors (Lipinski definition) is 1. The Morgan fingerprint density at radius 2 is 1.73 bits per heavy atom. The molecule has 6 heteroatoms. The van der Waals surface area contributed by atoms with E-state index in [0.29, 0.717) is 35.2 Å². The SMILES string of the molecule is CN1C(=O)[C@@](CCC2CCCCC2)(C[C@H]2CCC[C@@H](CC(=O)c3ccc(Cl)cc3)C2)N=C1N. The molecule has 1 aliphatic heterocycles. The number of aliphatic imine (C=N–C) groups is 1. The minimum Gasteiger partial charge on any atom is -0.369 e. The van der Waals surface area contributed by atoms with E-state index < -0.39 is 5.54 Å². The molecule has 2 N–H and O–H groups in total. The van der Waals surface area contributed by atoms with Crippen LogP contribution in [0.5, 0.6) is 0 Å². The summed E-state index contributed by atoms with van der Waals surface area (Å²) in [6.45, 7) is 0. The number of halogens is 1. The van der Waals surface area contributed by atoms with Gasteiger partial charge in [-0.1, -0.05) is 56.5 Å². The normalized spacial score (nSPS) is 28.7. The average molecular weight is 472 g/mol. The van der Waals surface area contributed by atoms with E-state index in [9.17, 15) is 9.59 Å². The second-order valence-electron chi connectivity index (χ2n) is 10.6. The third-order valence-corrected chi connectivity index (χ3v) is 8.48. The minimum absolute atomic E-state index is 0.0650. The van der Waals surface area contributed by atoms with Gasteiger partial charge < -0.3 is 5.73 Å². The summed E-state index contributed by atoms with van der Waals surface area (Å²) >= 11 is 5.97. The summed E-state index contributed by atoms with van der Waals surface area (Å²) < 4.78 is 0.